The van der Waals surface area contributed by atoms with Gasteiger partial charge in [0, 0.05) is 18.5 Å². The Morgan fingerprint density at radius 2 is 2.20 bits per heavy atom. The van der Waals surface area contributed by atoms with E-state index in [1.807, 2.05) is 18.2 Å². The van der Waals surface area contributed by atoms with E-state index in [9.17, 15) is 4.79 Å². The first-order chi connectivity index (χ1) is 9.69. The zero-order chi connectivity index (χ0) is 14.1. The van der Waals surface area contributed by atoms with Gasteiger partial charge >= 0.3 is 5.97 Å². The fraction of sp³-hybridized carbons (Fsp3) is 0.375. The number of anilines is 1. The Balaban J connectivity index is 1.91. The van der Waals surface area contributed by atoms with Crippen LogP contribution in [0.25, 0.3) is 10.9 Å². The highest BCUT2D eigenvalue weighted by Crippen LogP contribution is 2.28. The average molecular weight is 270 g/mol. The van der Waals surface area contributed by atoms with E-state index in [-0.39, 0.29) is 11.9 Å². The molecule has 3 rings (SSSR count). The van der Waals surface area contributed by atoms with Crippen molar-refractivity contribution in [2.45, 2.75) is 13.3 Å². The standard InChI is InChI=1S/C16H18N2O2/c1-11-9-12-5-3-4-6-14(12)17-15(11)18-8-7-13(10-18)16(19)20-2/h3-6,9,13H,7-8,10H2,1-2H3. The third-order valence-corrected chi connectivity index (χ3v) is 3.91. The van der Waals surface area contributed by atoms with Gasteiger partial charge in [0.05, 0.1) is 18.5 Å². The minimum absolute atomic E-state index is 0.0346. The average Bonchev–Trinajstić information content (AvgIpc) is 2.95. The van der Waals surface area contributed by atoms with Crippen LogP contribution in [0.15, 0.2) is 30.3 Å². The van der Waals surface area contributed by atoms with E-state index in [0.717, 1.165) is 35.2 Å². The van der Waals surface area contributed by atoms with Crippen molar-refractivity contribution in [2.75, 3.05) is 25.1 Å². The molecule has 1 unspecified atom stereocenters. The summed E-state index contributed by atoms with van der Waals surface area (Å²) in [6.45, 7) is 3.62. The molecule has 0 N–H and O–H groups in total. The first kappa shape index (κ1) is 12.9. The SMILES string of the molecule is COC(=O)C1CCN(c2nc3ccccc3cc2C)C1. The van der Waals surface area contributed by atoms with Gasteiger partial charge < -0.3 is 9.64 Å². The Labute approximate surface area is 118 Å². The van der Waals surface area contributed by atoms with Crippen molar-refractivity contribution in [2.24, 2.45) is 5.92 Å². The largest absolute Gasteiger partial charge is 0.469 e. The van der Waals surface area contributed by atoms with Crippen LogP contribution in [-0.4, -0.2) is 31.2 Å². The lowest BCUT2D eigenvalue weighted by atomic mass is 10.1. The van der Waals surface area contributed by atoms with Gasteiger partial charge in [-0.3, -0.25) is 4.79 Å². The van der Waals surface area contributed by atoms with E-state index in [0.29, 0.717) is 6.54 Å². The monoisotopic (exact) mass is 270 g/mol. The van der Waals surface area contributed by atoms with Gasteiger partial charge in [-0.05, 0) is 31.0 Å². The number of aromatic nitrogens is 1. The minimum atomic E-state index is -0.119. The second kappa shape index (κ2) is 5.12. The number of hydrogen-bond acceptors (Lipinski definition) is 4. The molecule has 4 nitrogen and oxygen atoms in total. The Morgan fingerprint density at radius 3 is 3.00 bits per heavy atom. The second-order valence-electron chi connectivity index (χ2n) is 5.28. The summed E-state index contributed by atoms with van der Waals surface area (Å²) in [5, 5.41) is 1.15. The van der Waals surface area contributed by atoms with Crippen molar-refractivity contribution in [3.05, 3.63) is 35.9 Å². The third-order valence-electron chi connectivity index (χ3n) is 3.91. The molecule has 0 amide bonds. The Kier molecular flexibility index (Phi) is 3.30. The van der Waals surface area contributed by atoms with Crippen molar-refractivity contribution >= 4 is 22.7 Å². The summed E-state index contributed by atoms with van der Waals surface area (Å²) in [6.07, 6.45) is 0.834. The van der Waals surface area contributed by atoms with E-state index in [1.54, 1.807) is 0 Å². The number of hydrogen-bond donors (Lipinski definition) is 0. The van der Waals surface area contributed by atoms with Crippen LogP contribution in [-0.2, 0) is 9.53 Å². The van der Waals surface area contributed by atoms with E-state index in [2.05, 4.69) is 24.0 Å². The van der Waals surface area contributed by atoms with Crippen LogP contribution in [0.2, 0.25) is 0 Å². The van der Waals surface area contributed by atoms with Crippen molar-refractivity contribution in [1.29, 1.82) is 0 Å². The van der Waals surface area contributed by atoms with E-state index in [1.165, 1.54) is 7.11 Å². The molecule has 0 saturated carbocycles. The normalized spacial score (nSPS) is 18.5. The molecule has 0 radical (unpaired) electrons. The fourth-order valence-electron chi connectivity index (χ4n) is 2.84. The summed E-state index contributed by atoms with van der Waals surface area (Å²) < 4.78 is 4.83. The molecule has 1 aliphatic rings. The number of esters is 1. The maximum Gasteiger partial charge on any atom is 0.310 e. The number of benzene rings is 1. The molecule has 0 aliphatic carbocycles. The van der Waals surface area contributed by atoms with Crippen molar-refractivity contribution < 1.29 is 9.53 Å². The summed E-state index contributed by atoms with van der Waals surface area (Å²) in [5.41, 5.74) is 2.14. The minimum Gasteiger partial charge on any atom is -0.469 e. The van der Waals surface area contributed by atoms with E-state index >= 15 is 0 Å². The van der Waals surface area contributed by atoms with Crippen molar-refractivity contribution in [1.82, 2.24) is 4.98 Å². The van der Waals surface area contributed by atoms with Crippen LogP contribution in [0.1, 0.15) is 12.0 Å². The quantitative estimate of drug-likeness (QED) is 0.786. The van der Waals surface area contributed by atoms with E-state index in [4.69, 9.17) is 9.72 Å². The summed E-state index contributed by atoms with van der Waals surface area (Å²) in [6, 6.07) is 10.3. The molecule has 1 saturated heterocycles. The van der Waals surface area contributed by atoms with Gasteiger partial charge in [0.1, 0.15) is 5.82 Å². The van der Waals surface area contributed by atoms with E-state index < -0.39 is 0 Å². The van der Waals surface area contributed by atoms with Crippen LogP contribution < -0.4 is 4.90 Å². The van der Waals surface area contributed by atoms with Gasteiger partial charge in [-0.15, -0.1) is 0 Å². The number of methoxy groups -OCH3 is 1. The predicted molar refractivity (Wildman–Crippen MR) is 78.8 cm³/mol. The highest BCUT2D eigenvalue weighted by molar-refractivity contribution is 5.82. The van der Waals surface area contributed by atoms with Crippen LogP contribution in [0, 0.1) is 12.8 Å². The summed E-state index contributed by atoms with van der Waals surface area (Å²) in [4.78, 5) is 18.6. The fourth-order valence-corrected chi connectivity index (χ4v) is 2.84. The molecule has 4 heteroatoms. The molecule has 20 heavy (non-hydrogen) atoms. The molecular weight excluding hydrogens is 252 g/mol. The number of ether oxygens (including phenoxy) is 1. The molecule has 0 spiro atoms. The number of aryl methyl sites for hydroxylation is 1. The summed E-state index contributed by atoms with van der Waals surface area (Å²) in [5.74, 6) is 0.828. The van der Waals surface area contributed by atoms with Crippen molar-refractivity contribution in [3.8, 4) is 0 Å². The Bertz CT molecular complexity index is 654. The number of carbonyl (C=O) groups excluding carboxylic acids is 1. The number of pyridine rings is 1. The predicted octanol–water partition coefficient (Wildman–Crippen LogP) is 2.54. The molecule has 1 aliphatic heterocycles. The third kappa shape index (κ3) is 2.22. The lowest BCUT2D eigenvalue weighted by molar-refractivity contribution is -0.144. The van der Waals surface area contributed by atoms with Crippen LogP contribution >= 0.6 is 0 Å². The first-order valence-corrected chi connectivity index (χ1v) is 6.88. The molecule has 1 aromatic heterocycles. The molecule has 1 atom stereocenters. The Morgan fingerprint density at radius 1 is 1.40 bits per heavy atom. The van der Waals surface area contributed by atoms with Crippen LogP contribution in [0.5, 0.6) is 0 Å². The van der Waals surface area contributed by atoms with Gasteiger partial charge in [0.15, 0.2) is 0 Å². The van der Waals surface area contributed by atoms with Crippen LogP contribution in [0.3, 0.4) is 0 Å². The van der Waals surface area contributed by atoms with Gasteiger partial charge in [0.2, 0.25) is 0 Å². The topological polar surface area (TPSA) is 42.4 Å². The second-order valence-corrected chi connectivity index (χ2v) is 5.28. The molecule has 104 valence electrons. The molecular formula is C16H18N2O2. The maximum atomic E-state index is 11.6. The maximum absolute atomic E-state index is 11.6. The van der Waals surface area contributed by atoms with Gasteiger partial charge in [-0.2, -0.15) is 0 Å². The molecule has 0 bridgehead atoms. The zero-order valence-corrected chi connectivity index (χ0v) is 11.8. The number of para-hydroxylation sites is 1. The number of fused-ring (bicyclic) bond motifs is 1. The lowest BCUT2D eigenvalue weighted by Crippen LogP contribution is -2.25. The summed E-state index contributed by atoms with van der Waals surface area (Å²) >= 11 is 0. The van der Waals surface area contributed by atoms with Crippen molar-refractivity contribution in [3.63, 3.8) is 0 Å². The first-order valence-electron chi connectivity index (χ1n) is 6.88. The molecule has 1 aromatic carbocycles. The molecule has 2 aromatic rings. The molecule has 1 fully saturated rings. The van der Waals surface area contributed by atoms with Gasteiger partial charge in [-0.1, -0.05) is 18.2 Å². The summed E-state index contributed by atoms with van der Waals surface area (Å²) in [7, 11) is 1.45. The highest BCUT2D eigenvalue weighted by Gasteiger charge is 2.30. The highest BCUT2D eigenvalue weighted by atomic mass is 16.5. The Hall–Kier alpha value is -2.10. The molecule has 2 heterocycles. The smallest absolute Gasteiger partial charge is 0.310 e. The zero-order valence-electron chi connectivity index (χ0n) is 11.8. The number of rotatable bonds is 2. The van der Waals surface area contributed by atoms with Crippen LogP contribution in [0.4, 0.5) is 5.82 Å². The van der Waals surface area contributed by atoms with Gasteiger partial charge in [-0.25, -0.2) is 4.98 Å². The number of nitrogens with zero attached hydrogens (tertiary/aromatic N) is 2. The lowest BCUT2D eigenvalue weighted by Gasteiger charge is -2.20. The van der Waals surface area contributed by atoms with Gasteiger partial charge in [0.25, 0.3) is 0 Å². The number of carbonyl (C=O) groups is 1.